The van der Waals surface area contributed by atoms with Gasteiger partial charge in [-0.1, -0.05) is 0 Å². The molecule has 0 spiro atoms. The molecule has 1 aliphatic heterocycles. The Labute approximate surface area is 125 Å². The molecule has 1 saturated carbocycles. The Morgan fingerprint density at radius 3 is 2.76 bits per heavy atom. The minimum Gasteiger partial charge on any atom is -0.447 e. The zero-order valence-electron chi connectivity index (χ0n) is 12.2. The van der Waals surface area contributed by atoms with Gasteiger partial charge in [0.2, 0.25) is 5.09 Å². The lowest BCUT2D eigenvalue weighted by molar-refractivity contribution is 0.0172. The molecule has 2 atom stereocenters. The molecule has 2 unspecified atom stereocenters. The molecule has 21 heavy (non-hydrogen) atoms. The van der Waals surface area contributed by atoms with Crippen molar-refractivity contribution in [3.05, 3.63) is 17.9 Å². The van der Waals surface area contributed by atoms with Crippen LogP contribution in [0.4, 0.5) is 0 Å². The van der Waals surface area contributed by atoms with Gasteiger partial charge in [-0.15, -0.1) is 0 Å². The van der Waals surface area contributed by atoms with Crippen molar-refractivity contribution >= 4 is 10.0 Å². The van der Waals surface area contributed by atoms with E-state index in [1.807, 2.05) is 6.92 Å². The molecule has 0 radical (unpaired) electrons. The van der Waals surface area contributed by atoms with Crippen molar-refractivity contribution < 1.29 is 17.6 Å². The lowest BCUT2D eigenvalue weighted by Gasteiger charge is -2.27. The molecule has 1 saturated heterocycles. The molecule has 6 nitrogen and oxygen atoms in total. The van der Waals surface area contributed by atoms with Crippen LogP contribution in [0, 0.1) is 0 Å². The van der Waals surface area contributed by atoms with E-state index in [-0.39, 0.29) is 17.2 Å². The highest BCUT2D eigenvalue weighted by Crippen LogP contribution is 2.21. The van der Waals surface area contributed by atoms with Crippen LogP contribution in [0.3, 0.4) is 0 Å². The van der Waals surface area contributed by atoms with Crippen LogP contribution in [-0.4, -0.2) is 33.2 Å². The van der Waals surface area contributed by atoms with Gasteiger partial charge in [0.1, 0.15) is 5.76 Å². The van der Waals surface area contributed by atoms with Crippen molar-refractivity contribution in [3.8, 4) is 0 Å². The molecule has 118 valence electrons. The predicted molar refractivity (Wildman–Crippen MR) is 77.3 cm³/mol. The zero-order valence-corrected chi connectivity index (χ0v) is 13.0. The Balaban J connectivity index is 1.60. The Morgan fingerprint density at radius 1 is 1.24 bits per heavy atom. The van der Waals surface area contributed by atoms with Crippen molar-refractivity contribution in [1.82, 2.24) is 10.0 Å². The molecule has 2 N–H and O–H groups in total. The number of hydrogen-bond donors (Lipinski definition) is 2. The normalized spacial score (nSPS) is 26.9. The number of furan rings is 1. The summed E-state index contributed by atoms with van der Waals surface area (Å²) >= 11 is 0. The summed E-state index contributed by atoms with van der Waals surface area (Å²) in [6.07, 6.45) is 3.85. The van der Waals surface area contributed by atoms with E-state index in [4.69, 9.17) is 9.15 Å². The fourth-order valence-electron chi connectivity index (χ4n) is 2.51. The lowest BCUT2D eigenvalue weighted by atomic mass is 10.1. The van der Waals surface area contributed by atoms with Gasteiger partial charge in [0, 0.05) is 18.7 Å². The monoisotopic (exact) mass is 314 g/mol. The second-order valence-corrected chi connectivity index (χ2v) is 7.54. The highest BCUT2D eigenvalue weighted by molar-refractivity contribution is 7.89. The second kappa shape index (κ2) is 6.08. The molecule has 0 bridgehead atoms. The number of ether oxygens (including phenoxy) is 1. The Morgan fingerprint density at radius 2 is 2.05 bits per heavy atom. The maximum Gasteiger partial charge on any atom is 0.274 e. The molecule has 1 aromatic rings. The molecule has 7 heteroatoms. The van der Waals surface area contributed by atoms with E-state index < -0.39 is 10.0 Å². The highest BCUT2D eigenvalue weighted by Gasteiger charge is 2.27. The molecule has 1 aromatic heterocycles. The molecule has 0 aromatic carbocycles. The van der Waals surface area contributed by atoms with Crippen molar-refractivity contribution in [2.45, 2.75) is 62.4 Å². The third-order valence-electron chi connectivity index (χ3n) is 3.85. The van der Waals surface area contributed by atoms with Crippen molar-refractivity contribution in [3.63, 3.8) is 0 Å². The van der Waals surface area contributed by atoms with Crippen LogP contribution >= 0.6 is 0 Å². The summed E-state index contributed by atoms with van der Waals surface area (Å²) in [6.45, 7) is 3.12. The Hall–Kier alpha value is -0.890. The molecule has 3 rings (SSSR count). The molecular formula is C14H22N2O4S. The first kappa shape index (κ1) is 15.0. The molecule has 0 amide bonds. The molecule has 1 aliphatic carbocycles. The SMILES string of the molecule is CC1CC(NS(=O)(=O)c2ccc(CNC3CC3)o2)CCO1. The van der Waals surface area contributed by atoms with E-state index in [0.717, 1.165) is 0 Å². The van der Waals surface area contributed by atoms with E-state index in [1.165, 1.54) is 18.9 Å². The van der Waals surface area contributed by atoms with Gasteiger partial charge in [-0.2, -0.15) is 0 Å². The highest BCUT2D eigenvalue weighted by atomic mass is 32.2. The van der Waals surface area contributed by atoms with E-state index in [1.54, 1.807) is 6.07 Å². The van der Waals surface area contributed by atoms with Gasteiger partial charge in [-0.3, -0.25) is 0 Å². The van der Waals surface area contributed by atoms with Gasteiger partial charge in [0.25, 0.3) is 10.0 Å². The van der Waals surface area contributed by atoms with Crippen molar-refractivity contribution in [2.24, 2.45) is 0 Å². The molecule has 2 heterocycles. The van der Waals surface area contributed by atoms with E-state index in [2.05, 4.69) is 10.0 Å². The molecule has 2 fully saturated rings. The first-order valence-electron chi connectivity index (χ1n) is 7.49. The summed E-state index contributed by atoms with van der Waals surface area (Å²) in [5.74, 6) is 0.655. The van der Waals surface area contributed by atoms with E-state index in [0.29, 0.717) is 37.8 Å². The number of rotatable bonds is 6. The van der Waals surface area contributed by atoms with Crippen molar-refractivity contribution in [1.29, 1.82) is 0 Å². The summed E-state index contributed by atoms with van der Waals surface area (Å²) in [7, 11) is -3.59. The first-order chi connectivity index (χ1) is 10.0. The largest absolute Gasteiger partial charge is 0.447 e. The topological polar surface area (TPSA) is 80.6 Å². The van der Waals surface area contributed by atoms with E-state index in [9.17, 15) is 8.42 Å². The van der Waals surface area contributed by atoms with Crippen LogP contribution in [0.2, 0.25) is 0 Å². The number of sulfonamides is 1. The number of hydrogen-bond acceptors (Lipinski definition) is 5. The maximum atomic E-state index is 12.3. The van der Waals surface area contributed by atoms with Gasteiger partial charge >= 0.3 is 0 Å². The summed E-state index contributed by atoms with van der Waals surface area (Å²) in [6, 6.07) is 3.72. The van der Waals surface area contributed by atoms with Crippen LogP contribution in [0.15, 0.2) is 21.6 Å². The average molecular weight is 314 g/mol. The average Bonchev–Trinajstić information content (AvgIpc) is 3.12. The third-order valence-corrected chi connectivity index (χ3v) is 5.24. The van der Waals surface area contributed by atoms with Crippen LogP contribution in [0.25, 0.3) is 0 Å². The minimum atomic E-state index is -3.59. The van der Waals surface area contributed by atoms with Gasteiger partial charge in [-0.05, 0) is 44.7 Å². The van der Waals surface area contributed by atoms with Gasteiger partial charge in [-0.25, -0.2) is 13.1 Å². The zero-order chi connectivity index (χ0) is 14.9. The lowest BCUT2D eigenvalue weighted by Crippen LogP contribution is -2.41. The van der Waals surface area contributed by atoms with Gasteiger partial charge in [0.05, 0.1) is 12.6 Å². The van der Waals surface area contributed by atoms with Gasteiger partial charge < -0.3 is 14.5 Å². The molecular weight excluding hydrogens is 292 g/mol. The van der Waals surface area contributed by atoms with Gasteiger partial charge in [0.15, 0.2) is 0 Å². The second-order valence-electron chi connectivity index (χ2n) is 5.90. The minimum absolute atomic E-state index is 0.00533. The Kier molecular flexibility index (Phi) is 4.35. The fraction of sp³-hybridized carbons (Fsp3) is 0.714. The predicted octanol–water partition coefficient (Wildman–Crippen LogP) is 1.38. The summed E-state index contributed by atoms with van der Waals surface area (Å²) < 4.78 is 38.2. The van der Waals surface area contributed by atoms with E-state index >= 15 is 0 Å². The molecule has 2 aliphatic rings. The van der Waals surface area contributed by atoms with Crippen LogP contribution in [0.1, 0.15) is 38.4 Å². The smallest absolute Gasteiger partial charge is 0.274 e. The summed E-state index contributed by atoms with van der Waals surface area (Å²) in [5, 5.41) is 3.29. The standard InChI is InChI=1S/C14H22N2O4S/c1-10-8-12(6-7-19-10)16-21(17,18)14-5-4-13(20-14)9-15-11-2-3-11/h4-5,10-12,15-16H,2-3,6-9H2,1H3. The van der Waals surface area contributed by atoms with Crippen molar-refractivity contribution in [2.75, 3.05) is 6.61 Å². The maximum absolute atomic E-state index is 12.3. The third kappa shape index (κ3) is 4.06. The summed E-state index contributed by atoms with van der Waals surface area (Å²) in [5.41, 5.74) is 0. The first-order valence-corrected chi connectivity index (χ1v) is 8.97. The van der Waals surface area contributed by atoms with Crippen LogP contribution < -0.4 is 10.0 Å². The fourth-order valence-corrected chi connectivity index (χ4v) is 3.75. The quantitative estimate of drug-likeness (QED) is 0.829. The Bertz CT molecular complexity index is 580. The summed E-state index contributed by atoms with van der Waals surface area (Å²) in [4.78, 5) is 0. The van der Waals surface area contributed by atoms with Crippen LogP contribution in [-0.2, 0) is 21.3 Å². The van der Waals surface area contributed by atoms with Crippen LogP contribution in [0.5, 0.6) is 0 Å². The number of nitrogens with one attached hydrogen (secondary N) is 2.